The number of methoxy groups -OCH3 is 1. The number of carbonyl (C=O) groups is 2. The molecule has 1 amide bonds. The van der Waals surface area contributed by atoms with Crippen molar-refractivity contribution in [3.05, 3.63) is 48.6 Å². The third-order valence-electron chi connectivity index (χ3n) is 6.06. The molecule has 8 heteroatoms. The van der Waals surface area contributed by atoms with Gasteiger partial charge in [-0.3, -0.25) is 10.2 Å². The van der Waals surface area contributed by atoms with Crippen molar-refractivity contribution >= 4 is 12.1 Å². The van der Waals surface area contributed by atoms with Gasteiger partial charge in [0, 0.05) is 6.04 Å². The fraction of sp³-hybridized carbons (Fsp3) is 0.565. The minimum absolute atomic E-state index is 0.0371. The Balaban J connectivity index is 1.95. The Morgan fingerprint density at radius 2 is 2.10 bits per heavy atom. The predicted octanol–water partition coefficient (Wildman–Crippen LogP) is 2.36. The molecule has 31 heavy (non-hydrogen) atoms. The summed E-state index contributed by atoms with van der Waals surface area (Å²) in [7, 11) is 1.26. The average molecular weight is 433 g/mol. The summed E-state index contributed by atoms with van der Waals surface area (Å²) in [6.07, 6.45) is 0.974. The van der Waals surface area contributed by atoms with E-state index in [9.17, 15) is 14.7 Å². The van der Waals surface area contributed by atoms with Crippen LogP contribution in [0.25, 0.3) is 0 Å². The quantitative estimate of drug-likeness (QED) is 0.504. The van der Waals surface area contributed by atoms with Crippen molar-refractivity contribution in [1.29, 1.82) is 0 Å². The van der Waals surface area contributed by atoms with Gasteiger partial charge in [-0.2, -0.15) is 0 Å². The Morgan fingerprint density at radius 1 is 1.39 bits per heavy atom. The molecule has 0 radical (unpaired) electrons. The molecule has 0 aromatic heterocycles. The van der Waals surface area contributed by atoms with Crippen molar-refractivity contribution < 1.29 is 28.9 Å². The van der Waals surface area contributed by atoms with Gasteiger partial charge in [0.15, 0.2) is 5.54 Å². The second kappa shape index (κ2) is 9.38. The summed E-state index contributed by atoms with van der Waals surface area (Å²) in [6.45, 7) is 7.68. The lowest BCUT2D eigenvalue weighted by atomic mass is 9.85. The first-order valence-corrected chi connectivity index (χ1v) is 10.5. The van der Waals surface area contributed by atoms with Crippen LogP contribution in [0.5, 0.6) is 0 Å². The second-order valence-electron chi connectivity index (χ2n) is 8.56. The number of esters is 1. The smallest absolute Gasteiger partial charge is 0.410 e. The van der Waals surface area contributed by atoms with Crippen LogP contribution in [0.3, 0.4) is 0 Å². The number of carbonyl (C=O) groups excluding carboxylic acids is 2. The van der Waals surface area contributed by atoms with Crippen molar-refractivity contribution in [1.82, 2.24) is 10.2 Å². The van der Waals surface area contributed by atoms with Crippen LogP contribution in [-0.4, -0.2) is 65.2 Å². The molecule has 1 aromatic rings. The first-order chi connectivity index (χ1) is 14.7. The van der Waals surface area contributed by atoms with E-state index in [4.69, 9.17) is 14.2 Å². The summed E-state index contributed by atoms with van der Waals surface area (Å²) >= 11 is 0. The van der Waals surface area contributed by atoms with Crippen LogP contribution < -0.4 is 5.32 Å². The molecule has 2 saturated heterocycles. The Labute approximate surface area is 183 Å². The molecule has 0 unspecified atom stereocenters. The number of benzene rings is 1. The summed E-state index contributed by atoms with van der Waals surface area (Å²) < 4.78 is 16.4. The summed E-state index contributed by atoms with van der Waals surface area (Å²) in [5.74, 6) is -0.660. The van der Waals surface area contributed by atoms with E-state index in [2.05, 4.69) is 11.9 Å². The van der Waals surface area contributed by atoms with Crippen LogP contribution in [0.15, 0.2) is 43.0 Å². The predicted molar refractivity (Wildman–Crippen MR) is 114 cm³/mol. The van der Waals surface area contributed by atoms with E-state index < -0.39 is 35.5 Å². The van der Waals surface area contributed by atoms with Gasteiger partial charge in [0.25, 0.3) is 0 Å². The van der Waals surface area contributed by atoms with Crippen LogP contribution in [0.2, 0.25) is 0 Å². The van der Waals surface area contributed by atoms with Gasteiger partial charge >= 0.3 is 12.1 Å². The molecule has 0 spiro atoms. The lowest BCUT2D eigenvalue weighted by molar-refractivity contribution is -0.167. The monoisotopic (exact) mass is 432 g/mol. The lowest BCUT2D eigenvalue weighted by Crippen LogP contribution is -2.67. The molecule has 1 aromatic carbocycles. The van der Waals surface area contributed by atoms with Gasteiger partial charge < -0.3 is 19.3 Å². The van der Waals surface area contributed by atoms with Gasteiger partial charge in [-0.1, -0.05) is 36.4 Å². The normalized spacial score (nSPS) is 28.2. The Bertz CT molecular complexity index is 799. The summed E-state index contributed by atoms with van der Waals surface area (Å²) in [6, 6.07) is 8.38. The molecule has 2 aliphatic rings. The Morgan fingerprint density at radius 3 is 2.68 bits per heavy atom. The number of ether oxygens (including phenoxy) is 3. The number of hydrogen-bond donors (Lipinski definition) is 2. The molecule has 0 bridgehead atoms. The van der Waals surface area contributed by atoms with Crippen molar-refractivity contribution in [3.63, 3.8) is 0 Å². The largest absolute Gasteiger partial charge is 0.459 e. The number of aliphatic hydroxyl groups is 1. The molecular formula is C23H32N2O6. The van der Waals surface area contributed by atoms with Gasteiger partial charge in [-0.25, -0.2) is 9.59 Å². The minimum Gasteiger partial charge on any atom is -0.459 e. The molecule has 4 atom stereocenters. The molecule has 8 nitrogen and oxygen atoms in total. The fourth-order valence-electron chi connectivity index (χ4n) is 4.58. The molecule has 2 heterocycles. The van der Waals surface area contributed by atoms with E-state index in [0.29, 0.717) is 12.8 Å². The van der Waals surface area contributed by atoms with Crippen molar-refractivity contribution in [2.45, 2.75) is 69.2 Å². The molecule has 0 saturated carbocycles. The Kier molecular flexibility index (Phi) is 7.03. The molecule has 170 valence electrons. The highest BCUT2D eigenvalue weighted by Gasteiger charge is 2.62. The highest BCUT2D eigenvalue weighted by atomic mass is 16.6. The van der Waals surface area contributed by atoms with E-state index in [1.165, 1.54) is 12.0 Å². The summed E-state index contributed by atoms with van der Waals surface area (Å²) in [5.41, 5.74) is -1.44. The molecule has 3 rings (SSSR count). The van der Waals surface area contributed by atoms with Gasteiger partial charge in [0.2, 0.25) is 0 Å². The number of amides is 1. The number of aliphatic hydroxyl groups excluding tert-OH is 1. The fourth-order valence-corrected chi connectivity index (χ4v) is 4.58. The maximum atomic E-state index is 13.6. The summed E-state index contributed by atoms with van der Waals surface area (Å²) in [5, 5.41) is 14.7. The van der Waals surface area contributed by atoms with Crippen molar-refractivity contribution in [2.24, 2.45) is 0 Å². The van der Waals surface area contributed by atoms with Gasteiger partial charge in [0.1, 0.15) is 18.4 Å². The third-order valence-corrected chi connectivity index (χ3v) is 6.06. The third kappa shape index (κ3) is 4.61. The van der Waals surface area contributed by atoms with Crippen LogP contribution in [-0.2, 0) is 25.6 Å². The van der Waals surface area contributed by atoms with Crippen LogP contribution in [0.4, 0.5) is 4.79 Å². The molecule has 2 aliphatic heterocycles. The number of hydrogen-bond acceptors (Lipinski definition) is 7. The molecule has 2 N–H and O–H groups in total. The lowest BCUT2D eigenvalue weighted by Gasteiger charge is -2.42. The molecule has 0 aliphatic carbocycles. The topological polar surface area (TPSA) is 97.3 Å². The zero-order chi connectivity index (χ0) is 22.6. The minimum atomic E-state index is -1.60. The summed E-state index contributed by atoms with van der Waals surface area (Å²) in [4.78, 5) is 27.7. The van der Waals surface area contributed by atoms with E-state index in [-0.39, 0.29) is 25.7 Å². The Hall–Kier alpha value is -2.42. The van der Waals surface area contributed by atoms with E-state index in [0.717, 1.165) is 5.56 Å². The van der Waals surface area contributed by atoms with Crippen LogP contribution in [0.1, 0.15) is 38.7 Å². The van der Waals surface area contributed by atoms with Crippen LogP contribution in [0, 0.1) is 0 Å². The van der Waals surface area contributed by atoms with Crippen molar-refractivity contribution in [2.75, 3.05) is 13.7 Å². The van der Waals surface area contributed by atoms with E-state index in [1.54, 1.807) is 6.08 Å². The maximum Gasteiger partial charge on any atom is 0.410 e. The number of nitrogens with one attached hydrogen (secondary N) is 1. The highest BCUT2D eigenvalue weighted by Crippen LogP contribution is 2.42. The van der Waals surface area contributed by atoms with Gasteiger partial charge in [0.05, 0.1) is 19.8 Å². The average Bonchev–Trinajstić information content (AvgIpc) is 3.32. The standard InChI is InChI=1S/C23H32N2O6/c1-5-9-17-12-13-23(25(17)21(28)29-4,19(26)18-15-31-22(2,3)24-18)20(27)30-14-16-10-7-6-8-11-16/h5-8,10-11,17-19,24,26H,1,9,12-15H2,2-4H3/t17-,18+,19+,23+/m0/s1. The first-order valence-electron chi connectivity index (χ1n) is 10.5. The van der Waals surface area contributed by atoms with Gasteiger partial charge in [-0.15, -0.1) is 6.58 Å². The first kappa shape index (κ1) is 23.2. The zero-order valence-electron chi connectivity index (χ0n) is 18.4. The molecule has 2 fully saturated rings. The van der Waals surface area contributed by atoms with Gasteiger partial charge in [-0.05, 0) is 38.7 Å². The number of likely N-dealkylation sites (tertiary alicyclic amines) is 1. The maximum absolute atomic E-state index is 13.6. The van der Waals surface area contributed by atoms with Crippen LogP contribution >= 0.6 is 0 Å². The number of rotatable bonds is 7. The SMILES string of the molecule is C=CC[C@H]1CC[C@](C(=O)OCc2ccccc2)([C@H](O)[C@H]2COC(C)(C)N2)N1C(=O)OC. The highest BCUT2D eigenvalue weighted by molar-refractivity contribution is 5.88. The van der Waals surface area contributed by atoms with Crippen molar-refractivity contribution in [3.8, 4) is 0 Å². The number of nitrogens with zero attached hydrogens (tertiary/aromatic N) is 1. The van der Waals surface area contributed by atoms with E-state index >= 15 is 0 Å². The molecular weight excluding hydrogens is 400 g/mol. The second-order valence-corrected chi connectivity index (χ2v) is 8.56. The van der Waals surface area contributed by atoms with E-state index in [1.807, 2.05) is 44.2 Å². The zero-order valence-corrected chi connectivity index (χ0v) is 18.4.